The van der Waals surface area contributed by atoms with Crippen molar-refractivity contribution in [2.45, 2.75) is 19.4 Å². The zero-order valence-electron chi connectivity index (χ0n) is 12.7. The number of ether oxygens (including phenoxy) is 1. The molecule has 0 aliphatic carbocycles. The molecule has 2 N–H and O–H groups in total. The number of benzene rings is 2. The normalized spacial score (nSPS) is 23.3. The molecule has 3 heteroatoms. The standard InChI is InChI=1S/C18H24N2O/c1-14-10-17(19)13-20(12-14)8-9-21-18-7-6-15-4-2-3-5-16(15)11-18/h2-7,11,14,17H,8-10,12-13,19H2,1H3. The predicted molar refractivity (Wildman–Crippen MR) is 87.6 cm³/mol. The molecule has 0 amide bonds. The van der Waals surface area contributed by atoms with E-state index in [1.807, 2.05) is 6.07 Å². The molecule has 1 aliphatic heterocycles. The Hall–Kier alpha value is -1.58. The van der Waals surface area contributed by atoms with Gasteiger partial charge in [-0.25, -0.2) is 0 Å². The van der Waals surface area contributed by atoms with Gasteiger partial charge in [-0.05, 0) is 35.2 Å². The summed E-state index contributed by atoms with van der Waals surface area (Å²) in [5.74, 6) is 1.64. The Balaban J connectivity index is 1.54. The van der Waals surface area contributed by atoms with Crippen molar-refractivity contribution in [2.75, 3.05) is 26.2 Å². The van der Waals surface area contributed by atoms with Gasteiger partial charge in [-0.15, -0.1) is 0 Å². The second kappa shape index (κ2) is 6.46. The Morgan fingerprint density at radius 1 is 1.14 bits per heavy atom. The Bertz CT molecular complexity index is 589. The highest BCUT2D eigenvalue weighted by Gasteiger charge is 2.21. The van der Waals surface area contributed by atoms with E-state index in [9.17, 15) is 0 Å². The van der Waals surface area contributed by atoms with E-state index in [4.69, 9.17) is 10.5 Å². The van der Waals surface area contributed by atoms with Crippen molar-refractivity contribution in [2.24, 2.45) is 11.7 Å². The lowest BCUT2D eigenvalue weighted by Gasteiger charge is -2.34. The highest BCUT2D eigenvalue weighted by atomic mass is 16.5. The van der Waals surface area contributed by atoms with Crippen LogP contribution < -0.4 is 10.5 Å². The molecule has 0 saturated carbocycles. The summed E-state index contributed by atoms with van der Waals surface area (Å²) in [4.78, 5) is 2.42. The Labute approximate surface area is 126 Å². The van der Waals surface area contributed by atoms with E-state index >= 15 is 0 Å². The fourth-order valence-corrected chi connectivity index (χ4v) is 3.25. The minimum atomic E-state index is 0.314. The predicted octanol–water partition coefficient (Wildman–Crippen LogP) is 2.89. The van der Waals surface area contributed by atoms with Crippen molar-refractivity contribution in [1.82, 2.24) is 4.90 Å². The van der Waals surface area contributed by atoms with E-state index in [1.54, 1.807) is 0 Å². The van der Waals surface area contributed by atoms with Crippen molar-refractivity contribution in [1.29, 1.82) is 0 Å². The van der Waals surface area contributed by atoms with Crippen LogP contribution in [0.1, 0.15) is 13.3 Å². The lowest BCUT2D eigenvalue weighted by Crippen LogP contribution is -2.47. The van der Waals surface area contributed by atoms with Crippen LogP contribution in [0.3, 0.4) is 0 Å². The van der Waals surface area contributed by atoms with Crippen molar-refractivity contribution >= 4 is 10.8 Å². The quantitative estimate of drug-likeness (QED) is 0.938. The summed E-state index contributed by atoms with van der Waals surface area (Å²) in [6, 6.07) is 14.9. The summed E-state index contributed by atoms with van der Waals surface area (Å²) < 4.78 is 5.90. The molecule has 1 aliphatic rings. The summed E-state index contributed by atoms with van der Waals surface area (Å²) in [7, 11) is 0. The molecule has 112 valence electrons. The van der Waals surface area contributed by atoms with E-state index < -0.39 is 0 Å². The number of hydrogen-bond donors (Lipinski definition) is 1. The number of hydrogen-bond acceptors (Lipinski definition) is 3. The minimum absolute atomic E-state index is 0.314. The number of nitrogens with zero attached hydrogens (tertiary/aromatic N) is 1. The smallest absolute Gasteiger partial charge is 0.120 e. The average Bonchev–Trinajstić information content (AvgIpc) is 2.46. The van der Waals surface area contributed by atoms with E-state index in [0.29, 0.717) is 12.0 Å². The fourth-order valence-electron chi connectivity index (χ4n) is 3.25. The Morgan fingerprint density at radius 3 is 2.76 bits per heavy atom. The fraction of sp³-hybridized carbons (Fsp3) is 0.444. The molecule has 1 fully saturated rings. The Morgan fingerprint density at radius 2 is 1.95 bits per heavy atom. The molecule has 1 heterocycles. The molecule has 2 aromatic carbocycles. The van der Waals surface area contributed by atoms with Gasteiger partial charge in [-0.1, -0.05) is 37.3 Å². The van der Waals surface area contributed by atoms with Crippen molar-refractivity contribution in [3.05, 3.63) is 42.5 Å². The maximum Gasteiger partial charge on any atom is 0.120 e. The second-order valence-corrected chi connectivity index (χ2v) is 6.22. The molecule has 3 nitrogen and oxygen atoms in total. The van der Waals surface area contributed by atoms with Gasteiger partial charge < -0.3 is 10.5 Å². The van der Waals surface area contributed by atoms with Crippen LogP contribution in [0.2, 0.25) is 0 Å². The van der Waals surface area contributed by atoms with Crippen molar-refractivity contribution in [3.8, 4) is 5.75 Å². The third kappa shape index (κ3) is 3.74. The summed E-state index contributed by atoms with van der Waals surface area (Å²) in [5, 5.41) is 2.48. The van der Waals surface area contributed by atoms with Gasteiger partial charge >= 0.3 is 0 Å². The highest BCUT2D eigenvalue weighted by Crippen LogP contribution is 2.20. The molecule has 2 aromatic rings. The molecule has 2 unspecified atom stereocenters. The van der Waals surface area contributed by atoms with E-state index in [0.717, 1.165) is 38.4 Å². The summed E-state index contributed by atoms with van der Waals surface area (Å²) in [6.07, 6.45) is 1.14. The molecular formula is C18H24N2O. The van der Waals surface area contributed by atoms with Gasteiger partial charge in [0.2, 0.25) is 0 Å². The van der Waals surface area contributed by atoms with E-state index in [1.165, 1.54) is 10.8 Å². The van der Waals surface area contributed by atoms with Crippen molar-refractivity contribution < 1.29 is 4.74 Å². The van der Waals surface area contributed by atoms with Crippen LogP contribution >= 0.6 is 0 Å². The summed E-state index contributed by atoms with van der Waals surface area (Å²) in [6.45, 7) is 6.07. The molecule has 0 bridgehead atoms. The molecule has 0 radical (unpaired) electrons. The van der Waals surface area contributed by atoms with Crippen LogP contribution in [0, 0.1) is 5.92 Å². The molecule has 0 spiro atoms. The van der Waals surface area contributed by atoms with Crippen LogP contribution in [0.25, 0.3) is 10.8 Å². The molecule has 2 atom stereocenters. The van der Waals surface area contributed by atoms with Gasteiger partial charge in [-0.3, -0.25) is 4.90 Å². The molecule has 3 rings (SSSR count). The second-order valence-electron chi connectivity index (χ2n) is 6.22. The first-order chi connectivity index (χ1) is 10.2. The van der Waals surface area contributed by atoms with E-state index in [2.05, 4.69) is 48.2 Å². The molecule has 21 heavy (non-hydrogen) atoms. The third-order valence-electron chi connectivity index (χ3n) is 4.16. The SMILES string of the molecule is CC1CC(N)CN(CCOc2ccc3ccccc3c2)C1. The van der Waals surface area contributed by atoms with Gasteiger partial charge in [0.1, 0.15) is 12.4 Å². The zero-order valence-corrected chi connectivity index (χ0v) is 12.7. The van der Waals surface area contributed by atoms with Gasteiger partial charge in [-0.2, -0.15) is 0 Å². The molecule has 1 saturated heterocycles. The molecule has 0 aromatic heterocycles. The monoisotopic (exact) mass is 284 g/mol. The van der Waals surface area contributed by atoms with Crippen LogP contribution in [-0.4, -0.2) is 37.2 Å². The van der Waals surface area contributed by atoms with Crippen LogP contribution in [0.15, 0.2) is 42.5 Å². The number of rotatable bonds is 4. The van der Waals surface area contributed by atoms with Crippen molar-refractivity contribution in [3.63, 3.8) is 0 Å². The van der Waals surface area contributed by atoms with Gasteiger partial charge in [0.05, 0.1) is 0 Å². The number of likely N-dealkylation sites (tertiary alicyclic amines) is 1. The number of nitrogens with two attached hydrogens (primary N) is 1. The summed E-state index contributed by atoms with van der Waals surface area (Å²) >= 11 is 0. The lowest BCUT2D eigenvalue weighted by molar-refractivity contribution is 0.140. The van der Waals surface area contributed by atoms with Crippen LogP contribution in [0.4, 0.5) is 0 Å². The average molecular weight is 284 g/mol. The van der Waals surface area contributed by atoms with Gasteiger partial charge in [0.25, 0.3) is 0 Å². The topological polar surface area (TPSA) is 38.5 Å². The maximum atomic E-state index is 6.08. The van der Waals surface area contributed by atoms with E-state index in [-0.39, 0.29) is 0 Å². The zero-order chi connectivity index (χ0) is 14.7. The van der Waals surface area contributed by atoms with Gasteiger partial charge in [0, 0.05) is 25.7 Å². The lowest BCUT2D eigenvalue weighted by atomic mass is 9.97. The van der Waals surface area contributed by atoms with Crippen LogP contribution in [-0.2, 0) is 0 Å². The van der Waals surface area contributed by atoms with Gasteiger partial charge in [0.15, 0.2) is 0 Å². The first kappa shape index (κ1) is 14.4. The maximum absolute atomic E-state index is 6.08. The highest BCUT2D eigenvalue weighted by molar-refractivity contribution is 5.83. The first-order valence-electron chi connectivity index (χ1n) is 7.80. The first-order valence-corrected chi connectivity index (χ1v) is 7.80. The minimum Gasteiger partial charge on any atom is -0.492 e. The third-order valence-corrected chi connectivity index (χ3v) is 4.16. The summed E-state index contributed by atoms with van der Waals surface area (Å²) in [5.41, 5.74) is 6.08. The largest absolute Gasteiger partial charge is 0.492 e. The molecular weight excluding hydrogens is 260 g/mol. The van der Waals surface area contributed by atoms with Crippen LogP contribution in [0.5, 0.6) is 5.75 Å². The Kier molecular flexibility index (Phi) is 4.42. The number of fused-ring (bicyclic) bond motifs is 1. The number of piperidine rings is 1.